The van der Waals surface area contributed by atoms with Gasteiger partial charge in [0.15, 0.2) is 12.2 Å². The van der Waals surface area contributed by atoms with Crippen LogP contribution in [-0.2, 0) is 65.4 Å². The summed E-state index contributed by atoms with van der Waals surface area (Å²) in [7, 11) is -9.91. The van der Waals surface area contributed by atoms with Crippen LogP contribution in [0.5, 0.6) is 0 Å². The van der Waals surface area contributed by atoms with Gasteiger partial charge in [-0.2, -0.15) is 0 Å². The molecule has 0 spiro atoms. The molecule has 0 aliphatic heterocycles. The van der Waals surface area contributed by atoms with Crippen LogP contribution >= 0.6 is 15.6 Å². The molecule has 0 saturated heterocycles. The van der Waals surface area contributed by atoms with Gasteiger partial charge in [0, 0.05) is 25.7 Å². The van der Waals surface area contributed by atoms with E-state index in [0.717, 1.165) is 108 Å². The lowest BCUT2D eigenvalue weighted by atomic mass is 9.99. The van der Waals surface area contributed by atoms with Gasteiger partial charge in [-0.05, 0) is 43.4 Å². The third-order valence-corrected chi connectivity index (χ3v) is 20.0. The fourth-order valence-corrected chi connectivity index (χ4v) is 12.9. The maximum atomic E-state index is 13.1. The van der Waals surface area contributed by atoms with Gasteiger partial charge in [-0.3, -0.25) is 37.3 Å². The van der Waals surface area contributed by atoms with Crippen molar-refractivity contribution < 1.29 is 80.2 Å². The number of carbonyl (C=O) groups excluding carboxylic acids is 4. The molecule has 4 unspecified atom stereocenters. The molecule has 0 aliphatic rings. The monoisotopic (exact) mass is 1380 g/mol. The van der Waals surface area contributed by atoms with Gasteiger partial charge in [-0.15, -0.1) is 0 Å². The zero-order chi connectivity index (χ0) is 69.4. The predicted octanol–water partition coefficient (Wildman–Crippen LogP) is 21.8. The van der Waals surface area contributed by atoms with Crippen molar-refractivity contribution >= 4 is 39.5 Å². The SMILES string of the molecule is CCCCCCCCCCCC(=O)OC[C@H](COP(=O)(O)OC[C@H](O)COP(=O)(O)OC[C@@H](COC(=O)CCCCCCCCCCCCCCC(C)C)OC(=O)CCCCCCCCCCCCCCCCC(C)CC)OC(=O)CCCCCCCCCCC(C)CC. The molecular formula is C75H146O17P2. The molecule has 94 heavy (non-hydrogen) atoms. The van der Waals surface area contributed by atoms with Crippen LogP contribution in [0.25, 0.3) is 0 Å². The fourth-order valence-electron chi connectivity index (χ4n) is 11.4. The van der Waals surface area contributed by atoms with Gasteiger partial charge in [0.05, 0.1) is 26.4 Å². The molecule has 0 amide bonds. The second-order valence-electron chi connectivity index (χ2n) is 28.0. The molecule has 0 rings (SSSR count). The van der Waals surface area contributed by atoms with Gasteiger partial charge < -0.3 is 33.8 Å². The largest absolute Gasteiger partial charge is 0.472 e. The molecule has 0 fully saturated rings. The normalized spacial score (nSPS) is 14.7. The van der Waals surface area contributed by atoms with Gasteiger partial charge in [0.1, 0.15) is 19.3 Å². The van der Waals surface area contributed by atoms with Crippen molar-refractivity contribution in [1.82, 2.24) is 0 Å². The smallest absolute Gasteiger partial charge is 0.462 e. The molecule has 0 saturated carbocycles. The summed E-state index contributed by atoms with van der Waals surface area (Å²) in [5.41, 5.74) is 0. The molecule has 17 nitrogen and oxygen atoms in total. The zero-order valence-corrected chi connectivity index (χ0v) is 63.2. The number of hydrogen-bond acceptors (Lipinski definition) is 15. The standard InChI is InChI=1S/C75H146O17P2/c1-8-11-12-13-14-25-35-42-49-56-72(77)85-62-71(92-75(80)59-52-45-38-31-30-34-41-48-55-68(7)10-3)65-90-94(83,84)88-61-69(76)60-87-93(81,82)89-64-70(63-86-73(78)57-50-43-36-28-23-20-19-21-26-32-39-46-53-66(4)5)91-74(79)58-51-44-37-29-24-18-16-15-17-22-27-33-40-47-54-67(6)9-2/h66-71,76H,8-65H2,1-7H3,(H,81,82)(H,83,84)/t67?,68?,69-,70-,71-/m1/s1. The highest BCUT2D eigenvalue weighted by Gasteiger charge is 2.30. The van der Waals surface area contributed by atoms with Gasteiger partial charge >= 0.3 is 39.5 Å². The predicted molar refractivity (Wildman–Crippen MR) is 381 cm³/mol. The molecule has 0 aromatic heterocycles. The van der Waals surface area contributed by atoms with Crippen molar-refractivity contribution in [3.63, 3.8) is 0 Å². The highest BCUT2D eigenvalue weighted by molar-refractivity contribution is 7.47. The third-order valence-electron chi connectivity index (χ3n) is 18.1. The summed E-state index contributed by atoms with van der Waals surface area (Å²) in [6.07, 6.45) is 51.2. The molecule has 7 atom stereocenters. The van der Waals surface area contributed by atoms with Gasteiger partial charge in [0.25, 0.3) is 0 Å². The Hall–Kier alpha value is -1.94. The molecular weight excluding hydrogens is 1230 g/mol. The van der Waals surface area contributed by atoms with Crippen molar-refractivity contribution in [2.45, 2.75) is 401 Å². The van der Waals surface area contributed by atoms with E-state index in [-0.39, 0.29) is 25.7 Å². The average Bonchev–Trinajstić information content (AvgIpc) is 2.85. The number of unbranched alkanes of at least 4 members (excludes halogenated alkanes) is 39. The molecule has 0 bridgehead atoms. The Morgan fingerprint density at radius 3 is 0.809 bits per heavy atom. The first-order chi connectivity index (χ1) is 45.3. The minimum atomic E-state index is -4.96. The van der Waals surface area contributed by atoms with Crippen LogP contribution in [0.4, 0.5) is 0 Å². The summed E-state index contributed by atoms with van der Waals surface area (Å²) in [5.74, 6) is 0.277. The van der Waals surface area contributed by atoms with Crippen molar-refractivity contribution in [1.29, 1.82) is 0 Å². The Bertz CT molecular complexity index is 1840. The molecule has 558 valence electrons. The minimum absolute atomic E-state index is 0.105. The lowest BCUT2D eigenvalue weighted by molar-refractivity contribution is -0.161. The number of aliphatic hydroxyl groups is 1. The second-order valence-corrected chi connectivity index (χ2v) is 30.9. The van der Waals surface area contributed by atoms with E-state index >= 15 is 0 Å². The summed E-state index contributed by atoms with van der Waals surface area (Å²) in [6.45, 7) is 11.9. The van der Waals surface area contributed by atoms with Crippen LogP contribution in [0, 0.1) is 17.8 Å². The van der Waals surface area contributed by atoms with Crippen molar-refractivity contribution in [2.75, 3.05) is 39.6 Å². The summed E-state index contributed by atoms with van der Waals surface area (Å²) in [6, 6.07) is 0. The van der Waals surface area contributed by atoms with E-state index in [9.17, 15) is 43.2 Å². The summed E-state index contributed by atoms with van der Waals surface area (Å²) < 4.78 is 68.5. The average molecular weight is 1380 g/mol. The molecule has 0 aromatic carbocycles. The Labute approximate surface area is 575 Å². The molecule has 0 heterocycles. The van der Waals surface area contributed by atoms with Crippen molar-refractivity contribution in [3.8, 4) is 0 Å². The van der Waals surface area contributed by atoms with Crippen molar-refractivity contribution in [3.05, 3.63) is 0 Å². The minimum Gasteiger partial charge on any atom is -0.462 e. The van der Waals surface area contributed by atoms with E-state index in [4.69, 9.17) is 37.0 Å². The van der Waals surface area contributed by atoms with Crippen LogP contribution in [0.2, 0.25) is 0 Å². The third kappa shape index (κ3) is 66.0. The first-order valence-electron chi connectivity index (χ1n) is 38.9. The van der Waals surface area contributed by atoms with E-state index in [1.54, 1.807) is 0 Å². The highest BCUT2D eigenvalue weighted by atomic mass is 31.2. The molecule has 19 heteroatoms. The Kier molecular flexibility index (Phi) is 64.3. The molecule has 0 radical (unpaired) electrons. The van der Waals surface area contributed by atoms with Crippen LogP contribution in [0.3, 0.4) is 0 Å². The quantitative estimate of drug-likeness (QED) is 0.0222. The van der Waals surface area contributed by atoms with Crippen LogP contribution in [-0.4, -0.2) is 96.7 Å². The fraction of sp³-hybridized carbons (Fsp3) is 0.947. The van der Waals surface area contributed by atoms with Gasteiger partial charge in [-0.1, -0.05) is 331 Å². The number of phosphoric acid groups is 2. The number of carbonyl (C=O) groups is 4. The lowest BCUT2D eigenvalue weighted by Crippen LogP contribution is -2.30. The Morgan fingerprint density at radius 2 is 0.543 bits per heavy atom. The maximum Gasteiger partial charge on any atom is 0.472 e. The Morgan fingerprint density at radius 1 is 0.309 bits per heavy atom. The molecule has 0 aliphatic carbocycles. The van der Waals surface area contributed by atoms with E-state index in [1.165, 1.54) is 193 Å². The summed E-state index contributed by atoms with van der Waals surface area (Å²) in [4.78, 5) is 72.7. The lowest BCUT2D eigenvalue weighted by Gasteiger charge is -2.21. The van der Waals surface area contributed by atoms with Crippen LogP contribution < -0.4 is 0 Å². The van der Waals surface area contributed by atoms with E-state index < -0.39 is 97.5 Å². The molecule has 0 aromatic rings. The summed E-state index contributed by atoms with van der Waals surface area (Å²) >= 11 is 0. The number of esters is 4. The zero-order valence-electron chi connectivity index (χ0n) is 61.4. The van der Waals surface area contributed by atoms with Crippen molar-refractivity contribution in [2.24, 2.45) is 17.8 Å². The first kappa shape index (κ1) is 92.1. The number of hydrogen-bond donors (Lipinski definition) is 3. The Balaban J connectivity index is 5.24. The van der Waals surface area contributed by atoms with E-state index in [0.29, 0.717) is 25.7 Å². The first-order valence-corrected chi connectivity index (χ1v) is 41.9. The second kappa shape index (κ2) is 65.7. The topological polar surface area (TPSA) is 237 Å². The summed E-state index contributed by atoms with van der Waals surface area (Å²) in [5, 5.41) is 10.6. The van der Waals surface area contributed by atoms with Gasteiger partial charge in [-0.25, -0.2) is 9.13 Å². The maximum absolute atomic E-state index is 13.1. The van der Waals surface area contributed by atoms with E-state index in [1.807, 2.05) is 0 Å². The van der Waals surface area contributed by atoms with Crippen LogP contribution in [0.15, 0.2) is 0 Å². The number of rotatable bonds is 73. The van der Waals surface area contributed by atoms with E-state index in [2.05, 4.69) is 48.5 Å². The van der Waals surface area contributed by atoms with Gasteiger partial charge in [0.2, 0.25) is 0 Å². The number of aliphatic hydroxyl groups excluding tert-OH is 1. The molecule has 3 N–H and O–H groups in total. The van der Waals surface area contributed by atoms with Crippen LogP contribution in [0.1, 0.15) is 382 Å². The highest BCUT2D eigenvalue weighted by Crippen LogP contribution is 2.45. The number of phosphoric ester groups is 2. The number of ether oxygens (including phenoxy) is 4.